The van der Waals surface area contributed by atoms with Crippen LogP contribution in [-0.4, -0.2) is 53.9 Å². The van der Waals surface area contributed by atoms with Gasteiger partial charge in [-0.3, -0.25) is 14.5 Å². The predicted molar refractivity (Wildman–Crippen MR) is 53.5 cm³/mol. The highest BCUT2D eigenvalue weighted by molar-refractivity contribution is 6.01. The maximum absolute atomic E-state index is 11.3. The minimum atomic E-state index is -0.306. The molecule has 0 aliphatic carbocycles. The number of nitrogens with zero attached hydrogens (tertiary/aromatic N) is 2. The summed E-state index contributed by atoms with van der Waals surface area (Å²) >= 11 is 0. The van der Waals surface area contributed by atoms with E-state index in [1.165, 1.54) is 4.90 Å². The summed E-state index contributed by atoms with van der Waals surface area (Å²) in [5.74, 6) is -0.206. The first-order valence-corrected chi connectivity index (χ1v) is 5.43. The standard InChI is InChI=1S/C10H14N2O4/c13-8-2-3-9(14)12(8)5-1-4-11-6-7-16-10(11)15/h1-7H2. The molecule has 0 aromatic heterocycles. The van der Waals surface area contributed by atoms with Crippen molar-refractivity contribution in [1.82, 2.24) is 9.80 Å². The monoisotopic (exact) mass is 226 g/mol. The van der Waals surface area contributed by atoms with Gasteiger partial charge in [-0.05, 0) is 6.42 Å². The van der Waals surface area contributed by atoms with Gasteiger partial charge < -0.3 is 9.64 Å². The Morgan fingerprint density at radius 2 is 1.75 bits per heavy atom. The van der Waals surface area contributed by atoms with Crippen LogP contribution in [-0.2, 0) is 14.3 Å². The first kappa shape index (κ1) is 10.9. The summed E-state index contributed by atoms with van der Waals surface area (Å²) in [5, 5.41) is 0. The van der Waals surface area contributed by atoms with Crippen molar-refractivity contribution < 1.29 is 19.1 Å². The Bertz CT molecular complexity index is 313. The number of likely N-dealkylation sites (tertiary alicyclic amines) is 1. The summed E-state index contributed by atoms with van der Waals surface area (Å²) in [6, 6.07) is 0. The summed E-state index contributed by atoms with van der Waals surface area (Å²) in [5.41, 5.74) is 0. The molecule has 0 aromatic carbocycles. The molecule has 6 heteroatoms. The van der Waals surface area contributed by atoms with Crippen molar-refractivity contribution in [1.29, 1.82) is 0 Å². The number of imide groups is 1. The number of hydrogen-bond acceptors (Lipinski definition) is 4. The average molecular weight is 226 g/mol. The number of rotatable bonds is 4. The zero-order chi connectivity index (χ0) is 11.5. The molecule has 0 aromatic rings. The zero-order valence-corrected chi connectivity index (χ0v) is 8.98. The van der Waals surface area contributed by atoms with Crippen LogP contribution in [0.4, 0.5) is 4.79 Å². The summed E-state index contributed by atoms with van der Waals surface area (Å²) in [4.78, 5) is 36.5. The molecular weight excluding hydrogens is 212 g/mol. The predicted octanol–water partition coefficient (Wildman–Crippen LogP) is -0.0223. The van der Waals surface area contributed by atoms with E-state index in [0.29, 0.717) is 45.5 Å². The average Bonchev–Trinajstić information content (AvgIpc) is 2.79. The van der Waals surface area contributed by atoms with Gasteiger partial charge in [-0.25, -0.2) is 4.79 Å². The van der Waals surface area contributed by atoms with Gasteiger partial charge in [-0.15, -0.1) is 0 Å². The lowest BCUT2D eigenvalue weighted by Crippen LogP contribution is -2.33. The minimum absolute atomic E-state index is 0.103. The van der Waals surface area contributed by atoms with Crippen LogP contribution >= 0.6 is 0 Å². The third-order valence-electron chi connectivity index (χ3n) is 2.81. The second-order valence-corrected chi connectivity index (χ2v) is 3.89. The van der Waals surface area contributed by atoms with E-state index in [9.17, 15) is 14.4 Å². The summed E-state index contributed by atoms with van der Waals surface area (Å²) in [6.45, 7) is 1.97. The summed E-state index contributed by atoms with van der Waals surface area (Å²) in [7, 11) is 0. The lowest BCUT2D eigenvalue weighted by Gasteiger charge is -2.16. The van der Waals surface area contributed by atoms with Crippen LogP contribution in [0.25, 0.3) is 0 Å². The molecule has 0 unspecified atom stereocenters. The van der Waals surface area contributed by atoms with Gasteiger partial charge in [-0.1, -0.05) is 0 Å². The Morgan fingerprint density at radius 3 is 2.31 bits per heavy atom. The molecule has 0 radical (unpaired) electrons. The Morgan fingerprint density at radius 1 is 1.06 bits per heavy atom. The molecular formula is C10H14N2O4. The number of hydrogen-bond donors (Lipinski definition) is 0. The molecule has 2 rings (SSSR count). The van der Waals surface area contributed by atoms with Gasteiger partial charge >= 0.3 is 6.09 Å². The van der Waals surface area contributed by atoms with Crippen molar-refractivity contribution in [3.05, 3.63) is 0 Å². The molecule has 6 nitrogen and oxygen atoms in total. The van der Waals surface area contributed by atoms with E-state index in [2.05, 4.69) is 0 Å². The fourth-order valence-electron chi connectivity index (χ4n) is 1.92. The van der Waals surface area contributed by atoms with Gasteiger partial charge in [0.25, 0.3) is 0 Å². The van der Waals surface area contributed by atoms with E-state index in [4.69, 9.17) is 4.74 Å². The molecule has 88 valence electrons. The van der Waals surface area contributed by atoms with Crippen molar-refractivity contribution in [2.45, 2.75) is 19.3 Å². The van der Waals surface area contributed by atoms with Gasteiger partial charge in [0.2, 0.25) is 11.8 Å². The van der Waals surface area contributed by atoms with Crippen LogP contribution in [0, 0.1) is 0 Å². The van der Waals surface area contributed by atoms with E-state index in [0.717, 1.165) is 0 Å². The van der Waals surface area contributed by atoms with Crippen LogP contribution in [0.3, 0.4) is 0 Å². The Labute approximate surface area is 93.1 Å². The van der Waals surface area contributed by atoms with E-state index < -0.39 is 0 Å². The smallest absolute Gasteiger partial charge is 0.409 e. The summed E-state index contributed by atoms with van der Waals surface area (Å²) in [6.07, 6.45) is 0.959. The first-order chi connectivity index (χ1) is 7.68. The molecule has 2 heterocycles. The highest BCUT2D eigenvalue weighted by atomic mass is 16.6. The van der Waals surface area contributed by atoms with E-state index in [-0.39, 0.29) is 17.9 Å². The SMILES string of the molecule is O=C1OCCN1CCCN1C(=O)CCC1=O. The zero-order valence-electron chi connectivity index (χ0n) is 8.98. The molecule has 0 bridgehead atoms. The normalized spacial score (nSPS) is 20.9. The third kappa shape index (κ3) is 2.15. The van der Waals surface area contributed by atoms with E-state index in [1.54, 1.807) is 4.90 Å². The van der Waals surface area contributed by atoms with Crippen molar-refractivity contribution in [3.8, 4) is 0 Å². The van der Waals surface area contributed by atoms with Gasteiger partial charge in [0.15, 0.2) is 0 Å². The molecule has 2 aliphatic rings. The quantitative estimate of drug-likeness (QED) is 0.632. The number of amides is 3. The third-order valence-corrected chi connectivity index (χ3v) is 2.81. The van der Waals surface area contributed by atoms with Crippen LogP contribution in [0.15, 0.2) is 0 Å². The van der Waals surface area contributed by atoms with Crippen molar-refractivity contribution in [2.24, 2.45) is 0 Å². The molecule has 0 saturated carbocycles. The lowest BCUT2D eigenvalue weighted by molar-refractivity contribution is -0.138. The molecule has 16 heavy (non-hydrogen) atoms. The molecule has 3 amide bonds. The molecule has 0 atom stereocenters. The minimum Gasteiger partial charge on any atom is -0.448 e. The topological polar surface area (TPSA) is 66.9 Å². The van der Waals surface area contributed by atoms with E-state index in [1.807, 2.05) is 0 Å². The lowest BCUT2D eigenvalue weighted by atomic mass is 10.3. The summed E-state index contributed by atoms with van der Waals surface area (Å²) < 4.78 is 4.77. The number of carbonyl (C=O) groups excluding carboxylic acids is 3. The highest BCUT2D eigenvalue weighted by Crippen LogP contribution is 2.12. The second-order valence-electron chi connectivity index (χ2n) is 3.89. The number of ether oxygens (including phenoxy) is 1. The van der Waals surface area contributed by atoms with Gasteiger partial charge in [0.1, 0.15) is 6.61 Å². The van der Waals surface area contributed by atoms with Gasteiger partial charge in [0, 0.05) is 25.9 Å². The Hall–Kier alpha value is -1.59. The van der Waals surface area contributed by atoms with Crippen LogP contribution < -0.4 is 0 Å². The van der Waals surface area contributed by atoms with Crippen LogP contribution in [0.5, 0.6) is 0 Å². The van der Waals surface area contributed by atoms with Crippen LogP contribution in [0.2, 0.25) is 0 Å². The maximum Gasteiger partial charge on any atom is 0.409 e. The largest absolute Gasteiger partial charge is 0.448 e. The highest BCUT2D eigenvalue weighted by Gasteiger charge is 2.29. The fraction of sp³-hybridized carbons (Fsp3) is 0.700. The second kappa shape index (κ2) is 4.51. The molecule has 2 aliphatic heterocycles. The molecule has 2 saturated heterocycles. The van der Waals surface area contributed by atoms with E-state index >= 15 is 0 Å². The maximum atomic E-state index is 11.3. The Balaban J connectivity index is 1.73. The number of carbonyl (C=O) groups is 3. The van der Waals surface area contributed by atoms with Gasteiger partial charge in [-0.2, -0.15) is 0 Å². The fourth-order valence-corrected chi connectivity index (χ4v) is 1.92. The first-order valence-electron chi connectivity index (χ1n) is 5.43. The number of cyclic esters (lactones) is 1. The Kier molecular flexibility index (Phi) is 3.07. The van der Waals surface area contributed by atoms with Crippen molar-refractivity contribution in [3.63, 3.8) is 0 Å². The van der Waals surface area contributed by atoms with Crippen LogP contribution in [0.1, 0.15) is 19.3 Å². The van der Waals surface area contributed by atoms with Gasteiger partial charge in [0.05, 0.1) is 6.54 Å². The van der Waals surface area contributed by atoms with Crippen molar-refractivity contribution in [2.75, 3.05) is 26.2 Å². The molecule has 0 N–H and O–H groups in total. The molecule has 0 spiro atoms. The van der Waals surface area contributed by atoms with Crippen molar-refractivity contribution >= 4 is 17.9 Å². The molecule has 2 fully saturated rings.